The fraction of sp³-hybridized carbons (Fsp3) is 0.0476. The lowest BCUT2D eigenvalue weighted by atomic mass is 10.1. The highest BCUT2D eigenvalue weighted by Crippen LogP contribution is 2.25. The SMILES string of the molecule is CC(=O)Nc1cccc(C(=O)NN=Cc2ccc(-c3ccccc3C(=O)O)o2)c1. The number of furan rings is 1. The maximum absolute atomic E-state index is 12.2. The average Bonchev–Trinajstić information content (AvgIpc) is 3.16. The predicted octanol–water partition coefficient (Wildman–Crippen LogP) is 3.37. The van der Waals surface area contributed by atoms with Gasteiger partial charge in [0.15, 0.2) is 0 Å². The van der Waals surface area contributed by atoms with E-state index in [1.54, 1.807) is 48.5 Å². The van der Waals surface area contributed by atoms with Crippen LogP contribution in [0.3, 0.4) is 0 Å². The number of hydrazone groups is 1. The lowest BCUT2D eigenvalue weighted by Gasteiger charge is -2.04. The van der Waals surface area contributed by atoms with Gasteiger partial charge in [-0.25, -0.2) is 10.2 Å². The molecule has 0 unspecified atom stereocenters. The van der Waals surface area contributed by atoms with Crippen molar-refractivity contribution in [2.24, 2.45) is 5.10 Å². The van der Waals surface area contributed by atoms with Crippen LogP contribution in [0.15, 0.2) is 70.2 Å². The van der Waals surface area contributed by atoms with Crippen LogP contribution < -0.4 is 10.7 Å². The summed E-state index contributed by atoms with van der Waals surface area (Å²) in [5, 5.41) is 15.7. The van der Waals surface area contributed by atoms with E-state index in [0.29, 0.717) is 28.3 Å². The highest BCUT2D eigenvalue weighted by Gasteiger charge is 2.13. The van der Waals surface area contributed by atoms with E-state index in [4.69, 9.17) is 4.42 Å². The number of carboxylic acid groups (broad SMARTS) is 1. The molecule has 0 aliphatic carbocycles. The van der Waals surface area contributed by atoms with E-state index in [2.05, 4.69) is 15.8 Å². The van der Waals surface area contributed by atoms with Crippen molar-refractivity contribution in [2.45, 2.75) is 6.92 Å². The van der Waals surface area contributed by atoms with Crippen LogP contribution in [0, 0.1) is 0 Å². The number of hydrogen-bond acceptors (Lipinski definition) is 5. The van der Waals surface area contributed by atoms with Crippen molar-refractivity contribution in [3.05, 3.63) is 77.6 Å². The molecule has 3 aromatic rings. The van der Waals surface area contributed by atoms with E-state index in [-0.39, 0.29) is 11.5 Å². The van der Waals surface area contributed by atoms with Crippen LogP contribution in [0.25, 0.3) is 11.3 Å². The molecule has 0 spiro atoms. The topological polar surface area (TPSA) is 121 Å². The highest BCUT2D eigenvalue weighted by atomic mass is 16.4. The third-order valence-corrected chi connectivity index (χ3v) is 3.85. The number of rotatable bonds is 6. The summed E-state index contributed by atoms with van der Waals surface area (Å²) in [6.07, 6.45) is 1.31. The first-order chi connectivity index (χ1) is 13.9. The number of amides is 2. The van der Waals surface area contributed by atoms with E-state index in [9.17, 15) is 19.5 Å². The van der Waals surface area contributed by atoms with Crippen LogP contribution >= 0.6 is 0 Å². The second-order valence-corrected chi connectivity index (χ2v) is 6.01. The van der Waals surface area contributed by atoms with Gasteiger partial charge in [0.2, 0.25) is 5.91 Å². The van der Waals surface area contributed by atoms with E-state index in [0.717, 1.165) is 0 Å². The van der Waals surface area contributed by atoms with Crippen LogP contribution in [-0.4, -0.2) is 29.1 Å². The lowest BCUT2D eigenvalue weighted by molar-refractivity contribution is -0.114. The third-order valence-electron chi connectivity index (χ3n) is 3.85. The Kier molecular flexibility index (Phi) is 5.84. The molecule has 0 bridgehead atoms. The van der Waals surface area contributed by atoms with Crippen LogP contribution in [0.5, 0.6) is 0 Å². The molecular formula is C21H17N3O5. The maximum atomic E-state index is 12.2. The number of carboxylic acids is 1. The molecule has 0 radical (unpaired) electrons. The van der Waals surface area contributed by atoms with Gasteiger partial charge in [0.05, 0.1) is 11.8 Å². The van der Waals surface area contributed by atoms with E-state index < -0.39 is 11.9 Å². The Labute approximate surface area is 165 Å². The number of hydrogen-bond donors (Lipinski definition) is 3. The Hall–Kier alpha value is -4.20. The summed E-state index contributed by atoms with van der Waals surface area (Å²) >= 11 is 0. The zero-order chi connectivity index (χ0) is 20.8. The van der Waals surface area contributed by atoms with E-state index in [1.807, 2.05) is 0 Å². The van der Waals surface area contributed by atoms with Crippen molar-refractivity contribution in [3.8, 4) is 11.3 Å². The van der Waals surface area contributed by atoms with Gasteiger partial charge in [-0.15, -0.1) is 0 Å². The molecule has 1 heterocycles. The Morgan fingerprint density at radius 2 is 1.83 bits per heavy atom. The molecule has 8 heteroatoms. The second kappa shape index (κ2) is 8.66. The van der Waals surface area contributed by atoms with Crippen molar-refractivity contribution in [1.82, 2.24) is 5.43 Å². The molecule has 3 rings (SSSR count). The zero-order valence-corrected chi connectivity index (χ0v) is 15.4. The predicted molar refractivity (Wildman–Crippen MR) is 107 cm³/mol. The number of benzene rings is 2. The minimum atomic E-state index is -1.05. The third kappa shape index (κ3) is 4.95. The number of nitrogens with one attached hydrogen (secondary N) is 2. The minimum absolute atomic E-state index is 0.123. The molecule has 2 aromatic carbocycles. The minimum Gasteiger partial charge on any atom is -0.478 e. The fourth-order valence-electron chi connectivity index (χ4n) is 2.61. The van der Waals surface area contributed by atoms with Crippen molar-refractivity contribution >= 4 is 29.7 Å². The molecule has 0 saturated heterocycles. The normalized spacial score (nSPS) is 10.7. The highest BCUT2D eigenvalue weighted by molar-refractivity contribution is 5.97. The van der Waals surface area contributed by atoms with Gasteiger partial charge in [0.25, 0.3) is 5.91 Å². The summed E-state index contributed by atoms with van der Waals surface area (Å²) in [6, 6.07) is 16.1. The number of nitrogens with zero attached hydrogens (tertiary/aromatic N) is 1. The van der Waals surface area contributed by atoms with Gasteiger partial charge in [-0.2, -0.15) is 5.10 Å². The van der Waals surface area contributed by atoms with Gasteiger partial charge in [-0.3, -0.25) is 9.59 Å². The molecule has 0 atom stereocenters. The summed E-state index contributed by atoms with van der Waals surface area (Å²) in [4.78, 5) is 34.6. The summed E-state index contributed by atoms with van der Waals surface area (Å²) in [7, 11) is 0. The first kappa shape index (κ1) is 19.6. The number of anilines is 1. The monoisotopic (exact) mass is 391 g/mol. The molecule has 1 aromatic heterocycles. The van der Waals surface area contributed by atoms with Crippen molar-refractivity contribution in [3.63, 3.8) is 0 Å². The Balaban J connectivity index is 1.69. The fourth-order valence-corrected chi connectivity index (χ4v) is 2.61. The molecule has 0 fully saturated rings. The summed E-state index contributed by atoms with van der Waals surface area (Å²) in [5.41, 5.74) is 3.76. The standard InChI is InChI=1S/C21H17N3O5/c1-13(25)23-15-6-4-5-14(11-15)20(26)24-22-12-16-9-10-19(29-16)17-7-2-3-8-18(17)21(27)28/h2-12H,1H3,(H,23,25)(H,24,26)(H,27,28). The van der Waals surface area contributed by atoms with Gasteiger partial charge < -0.3 is 14.8 Å². The Morgan fingerprint density at radius 3 is 2.59 bits per heavy atom. The van der Waals surface area contributed by atoms with Gasteiger partial charge in [-0.05, 0) is 36.4 Å². The lowest BCUT2D eigenvalue weighted by Crippen LogP contribution is -2.18. The molecule has 146 valence electrons. The van der Waals surface area contributed by atoms with Crippen LogP contribution in [-0.2, 0) is 4.79 Å². The maximum Gasteiger partial charge on any atom is 0.336 e. The van der Waals surface area contributed by atoms with Gasteiger partial charge in [-0.1, -0.05) is 24.3 Å². The van der Waals surface area contributed by atoms with Gasteiger partial charge in [0.1, 0.15) is 11.5 Å². The zero-order valence-electron chi connectivity index (χ0n) is 15.4. The largest absolute Gasteiger partial charge is 0.478 e. The smallest absolute Gasteiger partial charge is 0.336 e. The van der Waals surface area contributed by atoms with Gasteiger partial charge in [0, 0.05) is 23.7 Å². The number of carbonyl (C=O) groups is 3. The van der Waals surface area contributed by atoms with Crippen molar-refractivity contribution < 1.29 is 23.9 Å². The van der Waals surface area contributed by atoms with Crippen LogP contribution in [0.2, 0.25) is 0 Å². The summed E-state index contributed by atoms with van der Waals surface area (Å²) < 4.78 is 5.60. The molecule has 0 aliphatic rings. The van der Waals surface area contributed by atoms with E-state index >= 15 is 0 Å². The Bertz CT molecular complexity index is 1100. The molecule has 29 heavy (non-hydrogen) atoms. The molecular weight excluding hydrogens is 374 g/mol. The molecule has 2 amide bonds. The Morgan fingerprint density at radius 1 is 1.03 bits per heavy atom. The molecule has 0 saturated carbocycles. The number of carbonyl (C=O) groups excluding carboxylic acids is 2. The van der Waals surface area contributed by atoms with Crippen LogP contribution in [0.1, 0.15) is 33.4 Å². The summed E-state index contributed by atoms with van der Waals surface area (Å²) in [6.45, 7) is 1.38. The summed E-state index contributed by atoms with van der Waals surface area (Å²) in [5.74, 6) is -1.04. The molecule has 3 N–H and O–H groups in total. The van der Waals surface area contributed by atoms with Gasteiger partial charge >= 0.3 is 5.97 Å². The van der Waals surface area contributed by atoms with E-state index in [1.165, 1.54) is 25.3 Å². The first-order valence-electron chi connectivity index (χ1n) is 8.57. The van der Waals surface area contributed by atoms with Crippen LogP contribution in [0.4, 0.5) is 5.69 Å². The average molecular weight is 391 g/mol. The second-order valence-electron chi connectivity index (χ2n) is 6.01. The quantitative estimate of drug-likeness (QED) is 0.439. The van der Waals surface area contributed by atoms with Crippen molar-refractivity contribution in [1.29, 1.82) is 0 Å². The first-order valence-corrected chi connectivity index (χ1v) is 8.57. The van der Waals surface area contributed by atoms with Crippen molar-refractivity contribution in [2.75, 3.05) is 5.32 Å². The molecule has 8 nitrogen and oxygen atoms in total. The number of aromatic carboxylic acids is 1. The molecule has 0 aliphatic heterocycles.